The number of rotatable bonds is 7. The lowest BCUT2D eigenvalue weighted by Crippen LogP contribution is -2.30. The number of benzene rings is 3. The van der Waals surface area contributed by atoms with Crippen LogP contribution in [-0.4, -0.2) is 40.7 Å². The Hall–Kier alpha value is -3.88. The molecular formula is C26H25N3O5. The number of carbonyl (C=O) groups excluding carboxylic acids is 1. The van der Waals surface area contributed by atoms with Gasteiger partial charge >= 0.3 is 6.09 Å². The number of aliphatic hydroxyl groups is 2. The number of aliphatic hydroxyl groups excluding tert-OH is 2. The largest absolute Gasteiger partial charge is 0.449 e. The van der Waals surface area contributed by atoms with Gasteiger partial charge in [0.2, 0.25) is 0 Å². The van der Waals surface area contributed by atoms with Crippen LogP contribution in [0.25, 0.3) is 22.1 Å². The number of nitrogens with one attached hydrogen (secondary N) is 1. The van der Waals surface area contributed by atoms with Crippen LogP contribution in [-0.2, 0) is 4.74 Å². The molecule has 0 saturated heterocycles. The minimum atomic E-state index is -1.15. The van der Waals surface area contributed by atoms with Gasteiger partial charge in [0.15, 0.2) is 11.4 Å². The number of nitrogens with two attached hydrogens (primary N) is 1. The summed E-state index contributed by atoms with van der Waals surface area (Å²) in [6, 6.07) is 21.2. The molecule has 3 aromatic carbocycles. The van der Waals surface area contributed by atoms with Crippen molar-refractivity contribution in [1.82, 2.24) is 10.5 Å². The summed E-state index contributed by atoms with van der Waals surface area (Å²) in [5, 5.41) is 27.8. The van der Waals surface area contributed by atoms with Gasteiger partial charge in [-0.15, -0.1) is 0 Å². The van der Waals surface area contributed by atoms with Crippen LogP contribution in [0.5, 0.6) is 0 Å². The summed E-state index contributed by atoms with van der Waals surface area (Å²) in [6.07, 6.45) is -2.67. The highest BCUT2D eigenvalue weighted by atomic mass is 16.5. The van der Waals surface area contributed by atoms with Crippen molar-refractivity contribution in [3.05, 3.63) is 83.4 Å². The fourth-order valence-corrected chi connectivity index (χ4v) is 4.51. The first kappa shape index (κ1) is 21.9. The second-order valence-corrected chi connectivity index (χ2v) is 8.38. The monoisotopic (exact) mass is 459 g/mol. The Morgan fingerprint density at radius 3 is 2.44 bits per heavy atom. The Balaban J connectivity index is 1.14. The van der Waals surface area contributed by atoms with Crippen molar-refractivity contribution in [2.75, 3.05) is 18.9 Å². The Labute approximate surface area is 195 Å². The van der Waals surface area contributed by atoms with Gasteiger partial charge in [0.25, 0.3) is 0 Å². The van der Waals surface area contributed by atoms with E-state index in [1.807, 2.05) is 24.3 Å². The number of fused-ring (bicyclic) bond motifs is 4. The smallest absolute Gasteiger partial charge is 0.407 e. The van der Waals surface area contributed by atoms with Gasteiger partial charge in [-0.1, -0.05) is 59.8 Å². The van der Waals surface area contributed by atoms with E-state index >= 15 is 0 Å². The molecule has 8 heteroatoms. The van der Waals surface area contributed by atoms with Crippen LogP contribution < -0.4 is 11.1 Å². The molecule has 1 heterocycles. The quantitative estimate of drug-likeness (QED) is 0.331. The molecule has 34 heavy (non-hydrogen) atoms. The third-order valence-corrected chi connectivity index (χ3v) is 6.28. The maximum Gasteiger partial charge on any atom is 0.407 e. The molecule has 1 amide bonds. The lowest BCUT2D eigenvalue weighted by molar-refractivity contribution is 0.0137. The summed E-state index contributed by atoms with van der Waals surface area (Å²) in [6.45, 7) is 0.359. The number of alkyl carbamates (subject to hydrolysis) is 1. The molecule has 5 rings (SSSR count). The minimum absolute atomic E-state index is 0.0228. The number of hydrogen-bond acceptors (Lipinski definition) is 7. The standard InChI is InChI=1S/C26H25N3O5/c27-25-20-13-15(9-10-23(20)34-29-25)24(31)22(30)11-12-28-26(32)33-14-21-18-7-3-1-5-16(18)17-6-2-4-8-19(17)21/h1-10,13,21-22,24,30-31H,11-12,14H2,(H2,27,29)(H,28,32). The fraction of sp³-hybridized carbons (Fsp3) is 0.231. The van der Waals surface area contributed by atoms with Crippen LogP contribution >= 0.6 is 0 Å². The molecule has 5 N–H and O–H groups in total. The van der Waals surface area contributed by atoms with Gasteiger partial charge in [0.1, 0.15) is 12.7 Å². The summed E-state index contributed by atoms with van der Waals surface area (Å²) in [5.74, 6) is 0.195. The van der Waals surface area contributed by atoms with E-state index in [1.165, 1.54) is 0 Å². The highest BCUT2D eigenvalue weighted by molar-refractivity contribution is 5.87. The van der Waals surface area contributed by atoms with Gasteiger partial charge < -0.3 is 30.5 Å². The highest BCUT2D eigenvalue weighted by Crippen LogP contribution is 2.44. The third-order valence-electron chi connectivity index (χ3n) is 6.28. The summed E-state index contributed by atoms with van der Waals surface area (Å²) < 4.78 is 10.5. The zero-order valence-electron chi connectivity index (χ0n) is 18.3. The van der Waals surface area contributed by atoms with Gasteiger partial charge in [-0.2, -0.15) is 0 Å². The van der Waals surface area contributed by atoms with E-state index in [-0.39, 0.29) is 31.3 Å². The molecule has 0 radical (unpaired) electrons. The van der Waals surface area contributed by atoms with Crippen molar-refractivity contribution in [3.8, 4) is 11.1 Å². The molecule has 4 aromatic rings. The zero-order valence-corrected chi connectivity index (χ0v) is 18.3. The van der Waals surface area contributed by atoms with Gasteiger partial charge in [0.05, 0.1) is 11.5 Å². The fourth-order valence-electron chi connectivity index (χ4n) is 4.51. The average Bonchev–Trinajstić information content (AvgIpc) is 3.39. The number of carbonyl (C=O) groups is 1. The summed E-state index contributed by atoms with van der Waals surface area (Å²) in [5.41, 5.74) is 11.3. The molecule has 0 saturated carbocycles. The van der Waals surface area contributed by atoms with E-state index in [2.05, 4.69) is 34.7 Å². The topological polar surface area (TPSA) is 131 Å². The predicted molar refractivity (Wildman–Crippen MR) is 127 cm³/mol. The Morgan fingerprint density at radius 2 is 1.74 bits per heavy atom. The summed E-state index contributed by atoms with van der Waals surface area (Å²) >= 11 is 0. The van der Waals surface area contributed by atoms with E-state index in [4.69, 9.17) is 15.0 Å². The molecule has 1 aliphatic carbocycles. The maximum absolute atomic E-state index is 12.3. The summed E-state index contributed by atoms with van der Waals surface area (Å²) in [4.78, 5) is 12.3. The van der Waals surface area contributed by atoms with Gasteiger partial charge in [0, 0.05) is 12.5 Å². The first-order chi connectivity index (χ1) is 16.5. The molecule has 0 bridgehead atoms. The number of anilines is 1. The number of aromatic nitrogens is 1. The maximum atomic E-state index is 12.3. The van der Waals surface area contributed by atoms with Gasteiger partial charge in [-0.05, 0) is 46.4 Å². The van der Waals surface area contributed by atoms with Gasteiger partial charge in [-0.3, -0.25) is 0 Å². The van der Waals surface area contributed by atoms with E-state index in [9.17, 15) is 15.0 Å². The van der Waals surface area contributed by atoms with E-state index in [0.29, 0.717) is 16.5 Å². The Kier molecular flexibility index (Phi) is 5.91. The van der Waals surface area contributed by atoms with Crippen LogP contribution in [0.4, 0.5) is 10.6 Å². The molecule has 8 nitrogen and oxygen atoms in total. The second kappa shape index (κ2) is 9.17. The molecule has 0 fully saturated rings. The predicted octanol–water partition coefficient (Wildman–Crippen LogP) is 3.73. The number of nitrogen functional groups attached to an aromatic ring is 1. The van der Waals surface area contributed by atoms with Gasteiger partial charge in [-0.25, -0.2) is 4.79 Å². The van der Waals surface area contributed by atoms with E-state index in [0.717, 1.165) is 22.3 Å². The van der Waals surface area contributed by atoms with Crippen molar-refractivity contribution in [2.45, 2.75) is 24.5 Å². The molecule has 1 aromatic heterocycles. The molecule has 0 spiro atoms. The van der Waals surface area contributed by atoms with Crippen LogP contribution in [0.1, 0.15) is 35.1 Å². The van der Waals surface area contributed by atoms with Crippen molar-refractivity contribution in [1.29, 1.82) is 0 Å². The third kappa shape index (κ3) is 4.09. The van der Waals surface area contributed by atoms with Crippen LogP contribution in [0.3, 0.4) is 0 Å². The highest BCUT2D eigenvalue weighted by Gasteiger charge is 2.29. The minimum Gasteiger partial charge on any atom is -0.449 e. The lowest BCUT2D eigenvalue weighted by atomic mass is 9.98. The molecule has 2 unspecified atom stereocenters. The normalized spacial score (nSPS) is 14.4. The Morgan fingerprint density at radius 1 is 1.06 bits per heavy atom. The molecule has 0 aliphatic heterocycles. The number of ether oxygens (including phenoxy) is 1. The SMILES string of the molecule is Nc1noc2ccc(C(O)C(O)CCNC(=O)OCC3c4ccccc4-c4ccccc43)cc12. The first-order valence-corrected chi connectivity index (χ1v) is 11.1. The Bertz CT molecular complexity index is 1290. The number of nitrogens with zero attached hydrogens (tertiary/aromatic N) is 1. The van der Waals surface area contributed by atoms with E-state index in [1.54, 1.807) is 18.2 Å². The number of hydrogen-bond donors (Lipinski definition) is 4. The number of amides is 1. The molecular weight excluding hydrogens is 434 g/mol. The van der Waals surface area contributed by atoms with Crippen molar-refractivity contribution < 1.29 is 24.3 Å². The molecule has 2 atom stereocenters. The molecule has 1 aliphatic rings. The zero-order chi connectivity index (χ0) is 23.7. The van der Waals surface area contributed by atoms with Crippen LogP contribution in [0, 0.1) is 0 Å². The second-order valence-electron chi connectivity index (χ2n) is 8.38. The first-order valence-electron chi connectivity index (χ1n) is 11.1. The lowest BCUT2D eigenvalue weighted by Gasteiger charge is -2.19. The van der Waals surface area contributed by atoms with Crippen LogP contribution in [0.15, 0.2) is 71.3 Å². The van der Waals surface area contributed by atoms with Crippen molar-refractivity contribution >= 4 is 22.9 Å². The summed E-state index contributed by atoms with van der Waals surface area (Å²) in [7, 11) is 0. The van der Waals surface area contributed by atoms with Crippen LogP contribution in [0.2, 0.25) is 0 Å². The van der Waals surface area contributed by atoms with E-state index < -0.39 is 18.3 Å². The molecule has 174 valence electrons. The van der Waals surface area contributed by atoms with Crippen molar-refractivity contribution in [2.24, 2.45) is 0 Å². The van der Waals surface area contributed by atoms with Crippen molar-refractivity contribution in [3.63, 3.8) is 0 Å². The average molecular weight is 460 g/mol.